The highest BCUT2D eigenvalue weighted by atomic mass is 16.5. The fourth-order valence-corrected chi connectivity index (χ4v) is 1.51. The Balaban J connectivity index is 2.61. The molecule has 0 aliphatic carbocycles. The average molecular weight is 267 g/mol. The average Bonchev–Trinajstić information content (AvgIpc) is 2.37. The van der Waals surface area contributed by atoms with Crippen LogP contribution in [0, 0.1) is 0 Å². The van der Waals surface area contributed by atoms with Gasteiger partial charge in [0.15, 0.2) is 0 Å². The van der Waals surface area contributed by atoms with Crippen LogP contribution in [0.5, 0.6) is 5.88 Å². The molecule has 1 aromatic heterocycles. The molecule has 0 radical (unpaired) electrons. The Morgan fingerprint density at radius 2 is 2.05 bits per heavy atom. The van der Waals surface area contributed by atoms with Crippen molar-refractivity contribution in [3.8, 4) is 5.88 Å². The number of nitrogen functional groups attached to an aromatic ring is 1. The van der Waals surface area contributed by atoms with Crippen molar-refractivity contribution >= 4 is 11.5 Å². The molecule has 0 atom stereocenters. The molecule has 0 saturated heterocycles. The van der Waals surface area contributed by atoms with Gasteiger partial charge in [0.1, 0.15) is 5.82 Å². The topological polar surface area (TPSA) is 60.6 Å². The van der Waals surface area contributed by atoms with Crippen molar-refractivity contribution in [1.29, 1.82) is 0 Å². The van der Waals surface area contributed by atoms with Crippen molar-refractivity contribution in [2.75, 3.05) is 37.4 Å². The third-order valence-electron chi connectivity index (χ3n) is 2.59. The van der Waals surface area contributed by atoms with Crippen LogP contribution in [-0.2, 0) is 4.74 Å². The minimum Gasteiger partial charge on any atom is -0.476 e. The highest BCUT2D eigenvalue weighted by Crippen LogP contribution is 2.22. The van der Waals surface area contributed by atoms with Gasteiger partial charge in [-0.25, -0.2) is 0 Å². The summed E-state index contributed by atoms with van der Waals surface area (Å²) in [7, 11) is 1.98. The predicted octanol–water partition coefficient (Wildman–Crippen LogP) is 2.31. The van der Waals surface area contributed by atoms with Crippen molar-refractivity contribution in [3.63, 3.8) is 0 Å². The number of hydrogen-bond acceptors (Lipinski definition) is 5. The molecular weight excluding hydrogens is 242 g/mol. The van der Waals surface area contributed by atoms with Gasteiger partial charge in [0.05, 0.1) is 25.0 Å². The summed E-state index contributed by atoms with van der Waals surface area (Å²) in [5.74, 6) is 1.35. The van der Waals surface area contributed by atoms with E-state index in [1.165, 1.54) is 0 Å². The molecule has 0 aliphatic rings. The van der Waals surface area contributed by atoms with Gasteiger partial charge in [-0.3, -0.25) is 0 Å². The molecule has 0 amide bonds. The Bertz CT molecular complexity index is 383. The minimum absolute atomic E-state index is 0.247. The molecule has 0 saturated carbocycles. The van der Waals surface area contributed by atoms with Crippen molar-refractivity contribution in [3.05, 3.63) is 12.1 Å². The minimum atomic E-state index is 0.247. The van der Waals surface area contributed by atoms with Crippen LogP contribution in [0.1, 0.15) is 27.2 Å². The van der Waals surface area contributed by atoms with Crippen LogP contribution in [0.15, 0.2) is 12.1 Å². The molecule has 1 aromatic rings. The number of nitrogens with zero attached hydrogens (tertiary/aromatic N) is 2. The lowest BCUT2D eigenvalue weighted by Gasteiger charge is -2.20. The molecule has 0 fully saturated rings. The van der Waals surface area contributed by atoms with E-state index in [9.17, 15) is 0 Å². The smallest absolute Gasteiger partial charge is 0.239 e. The van der Waals surface area contributed by atoms with Gasteiger partial charge in [0.25, 0.3) is 0 Å². The van der Waals surface area contributed by atoms with E-state index in [1.54, 1.807) is 0 Å². The number of nitrogens with two attached hydrogens (primary N) is 1. The number of aromatic nitrogens is 1. The first kappa shape index (κ1) is 15.6. The van der Waals surface area contributed by atoms with E-state index in [0.29, 0.717) is 24.8 Å². The Kier molecular flexibility index (Phi) is 6.42. The standard InChI is InChI=1S/C14H25N3O2/c1-5-9-19-14-12(15)6-7-13(16-14)17(4)8-10-18-11(2)3/h6-7,11H,5,8-10,15H2,1-4H3. The molecule has 108 valence electrons. The summed E-state index contributed by atoms with van der Waals surface area (Å²) in [4.78, 5) is 6.46. The normalized spacial score (nSPS) is 10.8. The molecular formula is C14H25N3O2. The lowest BCUT2D eigenvalue weighted by molar-refractivity contribution is 0.0845. The predicted molar refractivity (Wildman–Crippen MR) is 78.8 cm³/mol. The van der Waals surface area contributed by atoms with Gasteiger partial charge in [0.2, 0.25) is 5.88 Å². The first-order valence-corrected chi connectivity index (χ1v) is 6.76. The lowest BCUT2D eigenvalue weighted by Crippen LogP contribution is -2.25. The van der Waals surface area contributed by atoms with Crippen molar-refractivity contribution < 1.29 is 9.47 Å². The summed E-state index contributed by atoms with van der Waals surface area (Å²) in [5.41, 5.74) is 6.41. The highest BCUT2D eigenvalue weighted by Gasteiger charge is 2.08. The van der Waals surface area contributed by atoms with E-state index in [-0.39, 0.29) is 6.10 Å². The van der Waals surface area contributed by atoms with E-state index in [2.05, 4.69) is 11.9 Å². The van der Waals surface area contributed by atoms with E-state index >= 15 is 0 Å². The number of likely N-dealkylation sites (N-methyl/N-ethyl adjacent to an activating group) is 1. The van der Waals surface area contributed by atoms with Crippen molar-refractivity contribution in [1.82, 2.24) is 4.98 Å². The Morgan fingerprint density at radius 1 is 1.32 bits per heavy atom. The van der Waals surface area contributed by atoms with Gasteiger partial charge in [-0.2, -0.15) is 4.98 Å². The number of rotatable bonds is 8. The van der Waals surface area contributed by atoms with Crippen LogP contribution in [0.25, 0.3) is 0 Å². The molecule has 0 spiro atoms. The summed E-state index contributed by atoms with van der Waals surface area (Å²) >= 11 is 0. The first-order chi connectivity index (χ1) is 9.04. The second-order valence-electron chi connectivity index (χ2n) is 4.75. The molecule has 0 aromatic carbocycles. The van der Waals surface area contributed by atoms with Crippen LogP contribution in [-0.4, -0.2) is 37.9 Å². The molecule has 0 bridgehead atoms. The van der Waals surface area contributed by atoms with Crippen LogP contribution in [0.2, 0.25) is 0 Å². The second kappa shape index (κ2) is 7.84. The summed E-state index contributed by atoms with van der Waals surface area (Å²) in [6.45, 7) is 8.18. The van der Waals surface area contributed by atoms with Crippen molar-refractivity contribution in [2.24, 2.45) is 0 Å². The number of pyridine rings is 1. The zero-order valence-corrected chi connectivity index (χ0v) is 12.3. The van der Waals surface area contributed by atoms with Crippen molar-refractivity contribution in [2.45, 2.75) is 33.3 Å². The maximum atomic E-state index is 5.84. The number of hydrogen-bond donors (Lipinski definition) is 1. The maximum Gasteiger partial charge on any atom is 0.239 e. The second-order valence-corrected chi connectivity index (χ2v) is 4.75. The fraction of sp³-hybridized carbons (Fsp3) is 0.643. The Labute approximate surface area is 115 Å². The summed E-state index contributed by atoms with van der Waals surface area (Å²) in [5, 5.41) is 0. The molecule has 0 unspecified atom stereocenters. The van der Waals surface area contributed by atoms with Gasteiger partial charge in [-0.15, -0.1) is 0 Å². The monoisotopic (exact) mass is 267 g/mol. The molecule has 1 heterocycles. The third kappa shape index (κ3) is 5.34. The molecule has 5 nitrogen and oxygen atoms in total. The highest BCUT2D eigenvalue weighted by molar-refractivity contribution is 5.54. The zero-order chi connectivity index (χ0) is 14.3. The van der Waals surface area contributed by atoms with Gasteiger partial charge in [-0.1, -0.05) is 6.92 Å². The van der Waals surface area contributed by atoms with Crippen LogP contribution in [0.3, 0.4) is 0 Å². The summed E-state index contributed by atoms with van der Waals surface area (Å²) in [6, 6.07) is 3.72. The SMILES string of the molecule is CCCOc1nc(N(C)CCOC(C)C)ccc1N. The summed E-state index contributed by atoms with van der Waals surface area (Å²) in [6.07, 6.45) is 1.18. The van der Waals surface area contributed by atoms with E-state index in [1.807, 2.05) is 37.9 Å². The van der Waals surface area contributed by atoms with E-state index in [4.69, 9.17) is 15.2 Å². The zero-order valence-electron chi connectivity index (χ0n) is 12.3. The van der Waals surface area contributed by atoms with Crippen LogP contribution < -0.4 is 15.4 Å². The summed E-state index contributed by atoms with van der Waals surface area (Å²) < 4.78 is 11.1. The van der Waals surface area contributed by atoms with E-state index in [0.717, 1.165) is 18.8 Å². The number of ether oxygens (including phenoxy) is 2. The van der Waals surface area contributed by atoms with Gasteiger partial charge in [0, 0.05) is 13.6 Å². The van der Waals surface area contributed by atoms with Crippen LogP contribution >= 0.6 is 0 Å². The molecule has 0 aliphatic heterocycles. The molecule has 19 heavy (non-hydrogen) atoms. The van der Waals surface area contributed by atoms with Crippen LogP contribution in [0.4, 0.5) is 11.5 Å². The third-order valence-corrected chi connectivity index (χ3v) is 2.59. The molecule has 5 heteroatoms. The Morgan fingerprint density at radius 3 is 2.68 bits per heavy atom. The molecule has 2 N–H and O–H groups in total. The molecule has 1 rings (SSSR count). The van der Waals surface area contributed by atoms with Gasteiger partial charge < -0.3 is 20.1 Å². The van der Waals surface area contributed by atoms with Gasteiger partial charge in [-0.05, 0) is 32.4 Å². The van der Waals surface area contributed by atoms with Gasteiger partial charge >= 0.3 is 0 Å². The first-order valence-electron chi connectivity index (χ1n) is 6.76. The largest absolute Gasteiger partial charge is 0.476 e. The lowest BCUT2D eigenvalue weighted by atomic mass is 10.3. The fourth-order valence-electron chi connectivity index (χ4n) is 1.51. The van der Waals surface area contributed by atoms with E-state index < -0.39 is 0 Å². The maximum absolute atomic E-state index is 5.84. The number of anilines is 2. The Hall–Kier alpha value is -1.49. The quantitative estimate of drug-likeness (QED) is 0.783.